The number of amides is 2. The van der Waals surface area contributed by atoms with Gasteiger partial charge in [-0.25, -0.2) is 0 Å². The number of benzene rings is 2. The third-order valence-corrected chi connectivity index (χ3v) is 3.61. The molecule has 8 heteroatoms. The Morgan fingerprint density at radius 3 is 2.37 bits per heavy atom. The monoisotopic (exact) mass is 371 g/mol. The Morgan fingerprint density at radius 1 is 1.04 bits per heavy atom. The highest BCUT2D eigenvalue weighted by Gasteiger charge is 2.15. The zero-order valence-electron chi connectivity index (χ0n) is 14.9. The number of ether oxygens (including phenoxy) is 1. The smallest absolute Gasteiger partial charge is 0.310 e. The lowest BCUT2D eigenvalue weighted by atomic mass is 10.2. The molecule has 0 radical (unpaired) electrons. The van der Waals surface area contributed by atoms with Crippen LogP contribution in [0.2, 0.25) is 0 Å². The molecule has 0 aliphatic rings. The number of nitrogens with zero attached hydrogens (tertiary/aromatic N) is 1. The first-order valence-corrected chi connectivity index (χ1v) is 8.55. The fourth-order valence-corrected chi connectivity index (χ4v) is 2.31. The molecule has 0 aromatic heterocycles. The van der Waals surface area contributed by atoms with Gasteiger partial charge in [-0.05, 0) is 30.7 Å². The van der Waals surface area contributed by atoms with Gasteiger partial charge in [0.15, 0.2) is 12.4 Å². The average molecular weight is 371 g/mol. The molecule has 0 saturated carbocycles. The van der Waals surface area contributed by atoms with Crippen LogP contribution in [-0.4, -0.2) is 23.3 Å². The summed E-state index contributed by atoms with van der Waals surface area (Å²) in [5.74, 6) is -0.530. The van der Waals surface area contributed by atoms with Crippen molar-refractivity contribution in [3.63, 3.8) is 0 Å². The van der Waals surface area contributed by atoms with Crippen molar-refractivity contribution in [2.45, 2.75) is 26.2 Å². The third kappa shape index (κ3) is 6.43. The van der Waals surface area contributed by atoms with Gasteiger partial charge in [0.05, 0.1) is 4.92 Å². The maximum Gasteiger partial charge on any atom is 0.310 e. The van der Waals surface area contributed by atoms with E-state index < -0.39 is 10.8 Å². The molecule has 0 fully saturated rings. The minimum atomic E-state index is -0.571. The van der Waals surface area contributed by atoms with Crippen LogP contribution in [0.15, 0.2) is 48.5 Å². The van der Waals surface area contributed by atoms with Crippen molar-refractivity contribution in [1.29, 1.82) is 0 Å². The lowest BCUT2D eigenvalue weighted by molar-refractivity contribution is -0.385. The number of hydrogen-bond acceptors (Lipinski definition) is 5. The Morgan fingerprint density at radius 2 is 1.70 bits per heavy atom. The summed E-state index contributed by atoms with van der Waals surface area (Å²) in [6.07, 6.45) is 2.19. The summed E-state index contributed by atoms with van der Waals surface area (Å²) in [7, 11) is 0. The van der Waals surface area contributed by atoms with Crippen molar-refractivity contribution < 1.29 is 19.2 Å². The summed E-state index contributed by atoms with van der Waals surface area (Å²) < 4.78 is 5.25. The first kappa shape index (κ1) is 19.9. The fraction of sp³-hybridized carbons (Fsp3) is 0.263. The molecule has 0 heterocycles. The zero-order chi connectivity index (χ0) is 19.6. The Bertz CT molecular complexity index is 822. The number of nitro groups is 1. The van der Waals surface area contributed by atoms with Crippen molar-refractivity contribution in [2.75, 3.05) is 17.2 Å². The van der Waals surface area contributed by atoms with E-state index in [0.717, 1.165) is 12.8 Å². The normalized spacial score (nSPS) is 10.1. The topological polar surface area (TPSA) is 111 Å². The number of carbonyl (C=O) groups is 2. The van der Waals surface area contributed by atoms with Gasteiger partial charge in [-0.15, -0.1) is 0 Å². The lowest BCUT2D eigenvalue weighted by Gasteiger charge is -2.10. The van der Waals surface area contributed by atoms with E-state index in [1.54, 1.807) is 30.3 Å². The molecule has 0 spiro atoms. The van der Waals surface area contributed by atoms with Crippen molar-refractivity contribution in [3.05, 3.63) is 58.6 Å². The maximum atomic E-state index is 12.0. The summed E-state index contributed by atoms with van der Waals surface area (Å²) in [6, 6.07) is 12.6. The Balaban J connectivity index is 1.92. The van der Waals surface area contributed by atoms with Gasteiger partial charge in [-0.2, -0.15) is 0 Å². The Labute approximate surface area is 156 Å². The number of para-hydroxylation sites is 2. The molecule has 2 aromatic carbocycles. The van der Waals surface area contributed by atoms with Crippen LogP contribution in [0.3, 0.4) is 0 Å². The van der Waals surface area contributed by atoms with E-state index >= 15 is 0 Å². The van der Waals surface area contributed by atoms with Gasteiger partial charge < -0.3 is 15.4 Å². The summed E-state index contributed by atoms with van der Waals surface area (Å²) >= 11 is 0. The van der Waals surface area contributed by atoms with Gasteiger partial charge in [0.1, 0.15) is 0 Å². The van der Waals surface area contributed by atoms with E-state index in [2.05, 4.69) is 10.6 Å². The summed E-state index contributed by atoms with van der Waals surface area (Å²) in [6.45, 7) is 1.63. The van der Waals surface area contributed by atoms with Crippen molar-refractivity contribution in [3.8, 4) is 5.75 Å². The number of anilines is 2. The minimum absolute atomic E-state index is 0.0228. The van der Waals surface area contributed by atoms with E-state index in [1.165, 1.54) is 18.2 Å². The zero-order valence-corrected chi connectivity index (χ0v) is 14.9. The van der Waals surface area contributed by atoms with Crippen molar-refractivity contribution in [2.24, 2.45) is 0 Å². The molecule has 0 unspecified atom stereocenters. The molecular weight excluding hydrogens is 350 g/mol. The van der Waals surface area contributed by atoms with Crippen LogP contribution in [0.5, 0.6) is 5.75 Å². The van der Waals surface area contributed by atoms with Gasteiger partial charge in [0.25, 0.3) is 5.91 Å². The number of hydrogen-bond donors (Lipinski definition) is 2. The highest BCUT2D eigenvalue weighted by atomic mass is 16.6. The molecule has 142 valence electrons. The van der Waals surface area contributed by atoms with Crippen LogP contribution < -0.4 is 15.4 Å². The molecule has 27 heavy (non-hydrogen) atoms. The molecule has 0 saturated heterocycles. The molecule has 0 bridgehead atoms. The second-order valence-electron chi connectivity index (χ2n) is 5.79. The molecular formula is C19H21N3O5. The van der Waals surface area contributed by atoms with E-state index in [1.807, 2.05) is 6.92 Å². The molecule has 2 aromatic rings. The predicted octanol–water partition coefficient (Wildman–Crippen LogP) is 3.74. The van der Waals surface area contributed by atoms with Crippen LogP contribution in [0.4, 0.5) is 17.1 Å². The first-order chi connectivity index (χ1) is 13.0. The third-order valence-electron chi connectivity index (χ3n) is 3.61. The van der Waals surface area contributed by atoms with Crippen LogP contribution in [0.25, 0.3) is 0 Å². The standard InChI is InChI=1S/C19H21N3O5/c1-2-3-11-18(23)20-14-7-6-8-15(12-14)21-19(24)13-27-17-10-5-4-9-16(17)22(25)26/h4-10,12H,2-3,11,13H2,1H3,(H,20,23)(H,21,24). The van der Waals surface area contributed by atoms with E-state index in [4.69, 9.17) is 4.74 Å². The Hall–Kier alpha value is -3.42. The number of unbranched alkanes of at least 4 members (excludes halogenated alkanes) is 1. The first-order valence-electron chi connectivity index (χ1n) is 8.55. The van der Waals surface area contributed by atoms with E-state index in [0.29, 0.717) is 17.8 Å². The minimum Gasteiger partial charge on any atom is -0.477 e. The Kier molecular flexibility index (Phi) is 7.30. The predicted molar refractivity (Wildman–Crippen MR) is 102 cm³/mol. The van der Waals surface area contributed by atoms with Crippen LogP contribution in [0, 0.1) is 10.1 Å². The molecule has 8 nitrogen and oxygen atoms in total. The van der Waals surface area contributed by atoms with Gasteiger partial charge in [-0.1, -0.05) is 31.5 Å². The fourth-order valence-electron chi connectivity index (χ4n) is 2.31. The van der Waals surface area contributed by atoms with Gasteiger partial charge in [0, 0.05) is 23.9 Å². The van der Waals surface area contributed by atoms with Gasteiger partial charge in [0.2, 0.25) is 5.91 Å². The second kappa shape index (κ2) is 9.91. The highest BCUT2D eigenvalue weighted by Crippen LogP contribution is 2.25. The summed E-state index contributed by atoms with van der Waals surface area (Å²) in [5.41, 5.74) is 0.857. The van der Waals surface area contributed by atoms with Crippen LogP contribution in [-0.2, 0) is 9.59 Å². The lowest BCUT2D eigenvalue weighted by Crippen LogP contribution is -2.20. The van der Waals surface area contributed by atoms with Crippen molar-refractivity contribution in [1.82, 2.24) is 0 Å². The highest BCUT2D eigenvalue weighted by molar-refractivity contribution is 5.94. The summed E-state index contributed by atoms with van der Waals surface area (Å²) in [4.78, 5) is 34.2. The number of carbonyl (C=O) groups excluding carboxylic acids is 2. The van der Waals surface area contributed by atoms with Gasteiger partial charge >= 0.3 is 5.69 Å². The molecule has 2 rings (SSSR count). The molecule has 0 aliphatic heterocycles. The van der Waals surface area contributed by atoms with Crippen LogP contribution >= 0.6 is 0 Å². The maximum absolute atomic E-state index is 12.0. The quantitative estimate of drug-likeness (QED) is 0.515. The largest absolute Gasteiger partial charge is 0.477 e. The van der Waals surface area contributed by atoms with E-state index in [9.17, 15) is 19.7 Å². The molecule has 2 amide bonds. The number of nitrogens with one attached hydrogen (secondary N) is 2. The van der Waals surface area contributed by atoms with Gasteiger partial charge in [-0.3, -0.25) is 19.7 Å². The number of rotatable bonds is 9. The molecule has 2 N–H and O–H groups in total. The molecule has 0 atom stereocenters. The van der Waals surface area contributed by atoms with E-state index in [-0.39, 0.29) is 24.0 Å². The molecule has 0 aliphatic carbocycles. The number of nitro benzene ring substituents is 1. The van der Waals surface area contributed by atoms with Crippen molar-refractivity contribution >= 4 is 28.9 Å². The second-order valence-corrected chi connectivity index (χ2v) is 5.79. The summed E-state index contributed by atoms with van der Waals surface area (Å²) in [5, 5.41) is 16.3. The average Bonchev–Trinajstić information content (AvgIpc) is 2.65. The SMILES string of the molecule is CCCCC(=O)Nc1cccc(NC(=O)COc2ccccc2[N+](=O)[O-])c1. The van der Waals surface area contributed by atoms with Crippen LogP contribution in [0.1, 0.15) is 26.2 Å².